The molecular formula is C16H13F3N2O2. The zero-order valence-electron chi connectivity index (χ0n) is 11.8. The summed E-state index contributed by atoms with van der Waals surface area (Å²) >= 11 is 0. The van der Waals surface area contributed by atoms with Crippen molar-refractivity contribution < 1.29 is 23.1 Å². The minimum Gasteiger partial charge on any atom is -0.506 e. The van der Waals surface area contributed by atoms with Gasteiger partial charge in [-0.3, -0.25) is 9.78 Å². The molecule has 1 aliphatic carbocycles. The van der Waals surface area contributed by atoms with E-state index in [4.69, 9.17) is 0 Å². The Hall–Kier alpha value is -2.57. The molecule has 1 amide bonds. The molecule has 2 aromatic rings. The van der Waals surface area contributed by atoms with Gasteiger partial charge >= 0.3 is 6.18 Å². The van der Waals surface area contributed by atoms with Crippen LogP contribution in [0.1, 0.15) is 23.5 Å². The van der Waals surface area contributed by atoms with E-state index in [1.807, 2.05) is 6.07 Å². The number of hydrogen-bond acceptors (Lipinski definition) is 3. The van der Waals surface area contributed by atoms with Gasteiger partial charge < -0.3 is 10.4 Å². The van der Waals surface area contributed by atoms with Crippen molar-refractivity contribution >= 4 is 11.6 Å². The first-order valence-electron chi connectivity index (χ1n) is 6.97. The maximum atomic E-state index is 12.7. The van der Waals surface area contributed by atoms with Crippen molar-refractivity contribution in [1.29, 1.82) is 0 Å². The third-order valence-corrected chi connectivity index (χ3v) is 3.82. The van der Waals surface area contributed by atoms with Gasteiger partial charge in [-0.05, 0) is 42.2 Å². The van der Waals surface area contributed by atoms with Gasteiger partial charge in [0.2, 0.25) is 5.91 Å². The summed E-state index contributed by atoms with van der Waals surface area (Å²) in [6.07, 6.45) is -0.635. The number of carbonyl (C=O) groups is 1. The fourth-order valence-corrected chi connectivity index (χ4v) is 2.49. The summed E-state index contributed by atoms with van der Waals surface area (Å²) in [7, 11) is 0. The topological polar surface area (TPSA) is 62.2 Å². The van der Waals surface area contributed by atoms with Crippen LogP contribution in [0.5, 0.6) is 5.75 Å². The van der Waals surface area contributed by atoms with E-state index in [1.165, 1.54) is 0 Å². The standard InChI is InChI=1S/C16H13F3N2O2/c17-16(18,19)10-3-4-14(22)13(6-10)21-15(23)12-7-11(12)9-2-1-5-20-8-9/h1-6,8,11-12,22H,7H2,(H,21,23). The number of alkyl halides is 3. The second kappa shape index (κ2) is 5.57. The second-order valence-electron chi connectivity index (χ2n) is 5.45. The highest BCUT2D eigenvalue weighted by molar-refractivity contribution is 5.96. The molecule has 0 radical (unpaired) electrons. The molecule has 2 unspecified atom stereocenters. The summed E-state index contributed by atoms with van der Waals surface area (Å²) in [6, 6.07) is 6.03. The number of halogens is 3. The highest BCUT2D eigenvalue weighted by Crippen LogP contribution is 2.48. The molecule has 1 aliphatic rings. The predicted molar refractivity (Wildman–Crippen MR) is 76.8 cm³/mol. The maximum Gasteiger partial charge on any atom is 0.416 e. The van der Waals surface area contributed by atoms with E-state index in [1.54, 1.807) is 18.5 Å². The van der Waals surface area contributed by atoms with E-state index in [-0.39, 0.29) is 17.5 Å². The van der Waals surface area contributed by atoms with Gasteiger partial charge in [0.15, 0.2) is 0 Å². The van der Waals surface area contributed by atoms with E-state index in [9.17, 15) is 23.1 Å². The Bertz CT molecular complexity index is 732. The van der Waals surface area contributed by atoms with Crippen LogP contribution in [0.2, 0.25) is 0 Å². The number of nitrogens with zero attached hydrogens (tertiary/aromatic N) is 1. The van der Waals surface area contributed by atoms with Crippen molar-refractivity contribution in [2.75, 3.05) is 5.32 Å². The van der Waals surface area contributed by atoms with E-state index >= 15 is 0 Å². The number of anilines is 1. The first-order chi connectivity index (χ1) is 10.9. The van der Waals surface area contributed by atoms with Crippen LogP contribution in [0.3, 0.4) is 0 Å². The monoisotopic (exact) mass is 322 g/mol. The molecule has 1 heterocycles. The number of aromatic hydroxyl groups is 1. The zero-order chi connectivity index (χ0) is 16.6. The highest BCUT2D eigenvalue weighted by atomic mass is 19.4. The molecule has 120 valence electrons. The molecule has 23 heavy (non-hydrogen) atoms. The van der Waals surface area contributed by atoms with Crippen molar-refractivity contribution in [3.8, 4) is 5.75 Å². The fraction of sp³-hybridized carbons (Fsp3) is 0.250. The Morgan fingerprint density at radius 2 is 2.09 bits per heavy atom. The van der Waals surface area contributed by atoms with Gasteiger partial charge in [0, 0.05) is 18.3 Å². The number of amides is 1. The Morgan fingerprint density at radius 1 is 1.30 bits per heavy atom. The number of benzene rings is 1. The van der Waals surface area contributed by atoms with Crippen LogP contribution >= 0.6 is 0 Å². The molecule has 0 aliphatic heterocycles. The highest BCUT2D eigenvalue weighted by Gasteiger charge is 2.44. The number of nitrogens with one attached hydrogen (secondary N) is 1. The maximum absolute atomic E-state index is 12.7. The third-order valence-electron chi connectivity index (χ3n) is 3.82. The summed E-state index contributed by atoms with van der Waals surface area (Å²) in [5.41, 5.74) is -0.243. The van der Waals surface area contributed by atoms with E-state index in [0.29, 0.717) is 6.42 Å². The predicted octanol–water partition coefficient (Wildman–Crippen LogP) is 3.55. The summed E-state index contributed by atoms with van der Waals surface area (Å²) in [4.78, 5) is 16.1. The Labute approximate surface area is 130 Å². The first-order valence-corrected chi connectivity index (χ1v) is 6.97. The quantitative estimate of drug-likeness (QED) is 0.850. The van der Waals surface area contributed by atoms with Gasteiger partial charge in [-0.1, -0.05) is 6.07 Å². The van der Waals surface area contributed by atoms with Crippen molar-refractivity contribution in [3.05, 3.63) is 53.9 Å². The lowest BCUT2D eigenvalue weighted by atomic mass is 10.1. The fourth-order valence-electron chi connectivity index (χ4n) is 2.49. The normalized spacial score (nSPS) is 20.1. The molecule has 2 N–H and O–H groups in total. The minimum atomic E-state index is -4.54. The van der Waals surface area contributed by atoms with Crippen LogP contribution in [0.4, 0.5) is 18.9 Å². The van der Waals surface area contributed by atoms with Crippen LogP contribution < -0.4 is 5.32 Å². The number of rotatable bonds is 3. The van der Waals surface area contributed by atoms with Crippen molar-refractivity contribution in [1.82, 2.24) is 4.98 Å². The SMILES string of the molecule is O=C(Nc1cc(C(F)(F)F)ccc1O)C1CC1c1cccnc1. The number of phenols is 1. The molecule has 2 atom stereocenters. The van der Waals surface area contributed by atoms with Crippen molar-refractivity contribution in [2.24, 2.45) is 5.92 Å². The lowest BCUT2D eigenvalue weighted by molar-refractivity contribution is -0.137. The molecule has 4 nitrogen and oxygen atoms in total. The van der Waals surface area contributed by atoms with E-state index in [0.717, 1.165) is 23.8 Å². The average Bonchev–Trinajstić information content (AvgIpc) is 3.30. The summed E-state index contributed by atoms with van der Waals surface area (Å²) < 4.78 is 38.1. The number of aromatic nitrogens is 1. The van der Waals surface area contributed by atoms with E-state index < -0.39 is 23.4 Å². The molecular weight excluding hydrogens is 309 g/mol. The van der Waals surface area contributed by atoms with Crippen LogP contribution in [-0.2, 0) is 11.0 Å². The van der Waals surface area contributed by atoms with Gasteiger partial charge in [0.05, 0.1) is 11.3 Å². The number of hydrogen-bond donors (Lipinski definition) is 2. The third kappa shape index (κ3) is 3.28. The molecule has 0 bridgehead atoms. The zero-order valence-corrected chi connectivity index (χ0v) is 11.8. The van der Waals surface area contributed by atoms with Gasteiger partial charge in [-0.2, -0.15) is 13.2 Å². The molecule has 0 saturated heterocycles. The first kappa shape index (κ1) is 15.3. The molecule has 7 heteroatoms. The molecule has 1 aromatic carbocycles. The summed E-state index contributed by atoms with van der Waals surface area (Å²) in [6.45, 7) is 0. The van der Waals surface area contributed by atoms with Gasteiger partial charge in [0.1, 0.15) is 5.75 Å². The van der Waals surface area contributed by atoms with E-state index in [2.05, 4.69) is 10.3 Å². The molecule has 1 fully saturated rings. The van der Waals surface area contributed by atoms with Gasteiger partial charge in [0.25, 0.3) is 0 Å². The lowest BCUT2D eigenvalue weighted by Crippen LogP contribution is -2.15. The molecule has 1 saturated carbocycles. The lowest BCUT2D eigenvalue weighted by Gasteiger charge is -2.11. The largest absolute Gasteiger partial charge is 0.506 e. The summed E-state index contributed by atoms with van der Waals surface area (Å²) in [5, 5.41) is 12.0. The molecule has 1 aromatic heterocycles. The van der Waals surface area contributed by atoms with Crippen LogP contribution in [0.25, 0.3) is 0 Å². The summed E-state index contributed by atoms with van der Waals surface area (Å²) in [5.74, 6) is -1.12. The van der Waals surface area contributed by atoms with Crippen LogP contribution in [-0.4, -0.2) is 16.0 Å². The second-order valence-corrected chi connectivity index (χ2v) is 5.45. The Balaban J connectivity index is 1.72. The van der Waals surface area contributed by atoms with Gasteiger partial charge in [-0.25, -0.2) is 0 Å². The number of phenolic OH excluding ortho intramolecular Hbond substituents is 1. The Morgan fingerprint density at radius 3 is 2.74 bits per heavy atom. The van der Waals surface area contributed by atoms with Gasteiger partial charge in [-0.15, -0.1) is 0 Å². The number of pyridine rings is 1. The minimum absolute atomic E-state index is 0.0108. The molecule has 0 spiro atoms. The molecule has 3 rings (SSSR count). The average molecular weight is 322 g/mol. The number of carbonyl (C=O) groups excluding carboxylic acids is 1. The van der Waals surface area contributed by atoms with Crippen LogP contribution in [0.15, 0.2) is 42.7 Å². The smallest absolute Gasteiger partial charge is 0.416 e. The van der Waals surface area contributed by atoms with Crippen LogP contribution in [0, 0.1) is 5.92 Å². The Kier molecular flexibility index (Phi) is 3.71. The van der Waals surface area contributed by atoms with Crippen molar-refractivity contribution in [3.63, 3.8) is 0 Å². The van der Waals surface area contributed by atoms with Crippen molar-refractivity contribution in [2.45, 2.75) is 18.5 Å².